The van der Waals surface area contributed by atoms with Crippen molar-refractivity contribution < 1.29 is 14.6 Å². The predicted octanol–water partition coefficient (Wildman–Crippen LogP) is 4.26. The van der Waals surface area contributed by atoms with Crippen molar-refractivity contribution in [3.63, 3.8) is 0 Å². The molecule has 5 heteroatoms. The number of aliphatic hydroxyl groups is 1. The highest BCUT2D eigenvalue weighted by Crippen LogP contribution is 2.38. The number of aliphatic hydroxyl groups excluding tert-OH is 1. The largest absolute Gasteiger partial charge is 0.460 e. The molecular formula is C21H24BrNO3. The van der Waals surface area contributed by atoms with E-state index in [1.807, 2.05) is 30.3 Å². The summed E-state index contributed by atoms with van der Waals surface area (Å²) in [6.07, 6.45) is 1.89. The molecule has 2 aromatic rings. The summed E-state index contributed by atoms with van der Waals surface area (Å²) in [7, 11) is 0. The van der Waals surface area contributed by atoms with Crippen LogP contribution in [0.5, 0.6) is 5.75 Å². The number of fused-ring (bicyclic) bond motifs is 1. The lowest BCUT2D eigenvalue weighted by atomic mass is 9.98. The summed E-state index contributed by atoms with van der Waals surface area (Å²) in [6, 6.07) is 14.3. The van der Waals surface area contributed by atoms with Crippen LogP contribution in [-0.4, -0.2) is 29.7 Å². The first-order chi connectivity index (χ1) is 12.7. The molecule has 0 unspecified atom stereocenters. The minimum Gasteiger partial charge on any atom is -0.460 e. The fourth-order valence-corrected chi connectivity index (χ4v) is 4.41. The highest BCUT2D eigenvalue weighted by atomic mass is 79.9. The van der Waals surface area contributed by atoms with Crippen LogP contribution >= 0.6 is 15.9 Å². The highest BCUT2D eigenvalue weighted by Gasteiger charge is 2.26. The van der Waals surface area contributed by atoms with E-state index in [1.54, 1.807) is 0 Å². The molecule has 138 valence electrons. The van der Waals surface area contributed by atoms with E-state index < -0.39 is 0 Å². The second kappa shape index (κ2) is 8.09. The maximum absolute atomic E-state index is 9.50. The Labute approximate surface area is 162 Å². The van der Waals surface area contributed by atoms with E-state index in [4.69, 9.17) is 9.47 Å². The van der Waals surface area contributed by atoms with Crippen molar-refractivity contribution in [3.05, 3.63) is 63.6 Å². The number of nitrogens with zero attached hydrogens (tertiary/aromatic N) is 1. The summed E-state index contributed by atoms with van der Waals surface area (Å²) in [4.78, 5) is 2.42. The summed E-state index contributed by atoms with van der Waals surface area (Å²) < 4.78 is 13.3. The molecule has 1 N–H and O–H groups in total. The molecule has 4 nitrogen and oxygen atoms in total. The maximum atomic E-state index is 9.50. The monoisotopic (exact) mass is 417 g/mol. The van der Waals surface area contributed by atoms with Crippen molar-refractivity contribution in [2.75, 3.05) is 19.7 Å². The molecule has 0 aromatic heterocycles. The molecule has 0 radical (unpaired) electrons. The molecule has 2 aliphatic rings. The van der Waals surface area contributed by atoms with Gasteiger partial charge in [-0.2, -0.15) is 0 Å². The van der Waals surface area contributed by atoms with Crippen LogP contribution in [0.4, 0.5) is 0 Å². The lowest BCUT2D eigenvalue weighted by Gasteiger charge is -2.34. The summed E-state index contributed by atoms with van der Waals surface area (Å²) in [5, 5.41) is 9.50. The lowest BCUT2D eigenvalue weighted by molar-refractivity contribution is -0.112. The molecule has 2 atom stereocenters. The van der Waals surface area contributed by atoms with E-state index in [1.165, 1.54) is 5.56 Å². The number of piperidine rings is 1. The third kappa shape index (κ3) is 3.96. The van der Waals surface area contributed by atoms with E-state index in [9.17, 15) is 5.11 Å². The van der Waals surface area contributed by atoms with Crippen molar-refractivity contribution in [3.8, 4) is 5.75 Å². The Balaban J connectivity index is 1.57. The molecule has 2 aromatic carbocycles. The average molecular weight is 418 g/mol. The van der Waals surface area contributed by atoms with Crippen molar-refractivity contribution in [2.45, 2.75) is 32.3 Å². The van der Waals surface area contributed by atoms with Gasteiger partial charge in [0.05, 0.1) is 6.61 Å². The Morgan fingerprint density at radius 1 is 1.19 bits per heavy atom. The summed E-state index contributed by atoms with van der Waals surface area (Å²) in [5.41, 5.74) is 3.29. The van der Waals surface area contributed by atoms with Gasteiger partial charge in [0.2, 0.25) is 6.29 Å². The Kier molecular flexibility index (Phi) is 5.60. The summed E-state index contributed by atoms with van der Waals surface area (Å²) in [6.45, 7) is 3.65. The molecule has 0 saturated carbocycles. The Morgan fingerprint density at radius 3 is 2.85 bits per heavy atom. The Bertz CT molecular complexity index is 752. The van der Waals surface area contributed by atoms with E-state index in [0.29, 0.717) is 12.5 Å². The second-order valence-electron chi connectivity index (χ2n) is 7.15. The van der Waals surface area contributed by atoms with Gasteiger partial charge in [-0.1, -0.05) is 46.3 Å². The normalized spacial score (nSPS) is 23.3. The number of halogens is 1. The first kappa shape index (κ1) is 18.0. The second-order valence-corrected chi connectivity index (χ2v) is 8.07. The fourth-order valence-electron chi connectivity index (χ4n) is 3.85. The van der Waals surface area contributed by atoms with Gasteiger partial charge in [-0.15, -0.1) is 0 Å². The van der Waals surface area contributed by atoms with Gasteiger partial charge >= 0.3 is 0 Å². The van der Waals surface area contributed by atoms with Crippen LogP contribution in [0.3, 0.4) is 0 Å². The van der Waals surface area contributed by atoms with Gasteiger partial charge in [0.15, 0.2) is 0 Å². The third-order valence-corrected chi connectivity index (χ3v) is 5.61. The molecule has 0 bridgehead atoms. The van der Waals surface area contributed by atoms with Gasteiger partial charge in [0.1, 0.15) is 5.75 Å². The molecule has 0 spiro atoms. The molecule has 0 amide bonds. The Morgan fingerprint density at radius 2 is 2.04 bits per heavy atom. The van der Waals surface area contributed by atoms with Crippen LogP contribution in [-0.2, 0) is 17.9 Å². The zero-order chi connectivity index (χ0) is 17.9. The molecule has 26 heavy (non-hydrogen) atoms. The molecular weight excluding hydrogens is 394 g/mol. The van der Waals surface area contributed by atoms with Crippen LogP contribution in [0.15, 0.2) is 46.9 Å². The SMILES string of the molecule is OC[C@@H]1CCCN(Cc2cc(Br)cc3c2O[C@@H](c2ccccc2)OC3)C1. The van der Waals surface area contributed by atoms with E-state index in [2.05, 4.69) is 33.0 Å². The topological polar surface area (TPSA) is 41.9 Å². The molecule has 4 rings (SSSR count). The van der Waals surface area contributed by atoms with Crippen LogP contribution in [0, 0.1) is 5.92 Å². The zero-order valence-corrected chi connectivity index (χ0v) is 16.3. The minimum absolute atomic E-state index is 0.271. The van der Waals surface area contributed by atoms with Crippen LogP contribution in [0.25, 0.3) is 0 Å². The number of likely N-dealkylation sites (tertiary alicyclic amines) is 1. The fraction of sp³-hybridized carbons (Fsp3) is 0.429. The average Bonchev–Trinajstić information content (AvgIpc) is 2.68. The smallest absolute Gasteiger partial charge is 0.227 e. The molecule has 0 aliphatic carbocycles. The highest BCUT2D eigenvalue weighted by molar-refractivity contribution is 9.10. The maximum Gasteiger partial charge on any atom is 0.227 e. The summed E-state index contributed by atoms with van der Waals surface area (Å²) in [5.74, 6) is 1.33. The van der Waals surface area contributed by atoms with Crippen LogP contribution in [0.2, 0.25) is 0 Å². The molecule has 2 aliphatic heterocycles. The predicted molar refractivity (Wildman–Crippen MR) is 104 cm³/mol. The van der Waals surface area contributed by atoms with Gasteiger partial charge in [-0.3, -0.25) is 4.90 Å². The van der Waals surface area contributed by atoms with Gasteiger partial charge in [-0.25, -0.2) is 0 Å². The first-order valence-electron chi connectivity index (χ1n) is 9.20. The number of hydrogen-bond acceptors (Lipinski definition) is 4. The van der Waals surface area contributed by atoms with Crippen LogP contribution < -0.4 is 4.74 Å². The van der Waals surface area contributed by atoms with Gasteiger partial charge in [0.25, 0.3) is 0 Å². The van der Waals surface area contributed by atoms with Crippen molar-refractivity contribution in [1.29, 1.82) is 0 Å². The zero-order valence-electron chi connectivity index (χ0n) is 14.7. The minimum atomic E-state index is -0.366. The molecule has 1 saturated heterocycles. The molecule has 2 heterocycles. The number of benzene rings is 2. The third-order valence-electron chi connectivity index (χ3n) is 5.15. The van der Waals surface area contributed by atoms with E-state index in [0.717, 1.165) is 53.8 Å². The van der Waals surface area contributed by atoms with Crippen LogP contribution in [0.1, 0.15) is 35.8 Å². The molecule has 1 fully saturated rings. The van der Waals surface area contributed by atoms with Gasteiger partial charge in [-0.05, 0) is 37.4 Å². The van der Waals surface area contributed by atoms with E-state index in [-0.39, 0.29) is 12.9 Å². The Hall–Kier alpha value is -1.40. The van der Waals surface area contributed by atoms with Crippen molar-refractivity contribution in [2.24, 2.45) is 5.92 Å². The van der Waals surface area contributed by atoms with Crippen molar-refractivity contribution >= 4 is 15.9 Å². The lowest BCUT2D eigenvalue weighted by Crippen LogP contribution is -2.36. The van der Waals surface area contributed by atoms with Gasteiger partial charge < -0.3 is 14.6 Å². The standard InChI is InChI=1S/C21H24BrNO3/c22-19-9-17(12-23-8-4-5-15(11-23)13-24)20-18(10-19)14-25-21(26-20)16-6-2-1-3-7-16/h1-3,6-7,9-10,15,21,24H,4-5,8,11-14H2/t15-,21+/m1/s1. The number of hydrogen-bond donors (Lipinski definition) is 1. The summed E-state index contributed by atoms with van der Waals surface area (Å²) >= 11 is 3.62. The van der Waals surface area contributed by atoms with Gasteiger partial charge in [0, 0.05) is 40.9 Å². The first-order valence-corrected chi connectivity index (χ1v) is 10.00. The number of rotatable bonds is 4. The van der Waals surface area contributed by atoms with E-state index >= 15 is 0 Å². The van der Waals surface area contributed by atoms with Crippen molar-refractivity contribution in [1.82, 2.24) is 4.90 Å². The quantitative estimate of drug-likeness (QED) is 0.806. The number of ether oxygens (including phenoxy) is 2.